The van der Waals surface area contributed by atoms with E-state index in [9.17, 15) is 19.2 Å². The maximum absolute atomic E-state index is 17.4. The van der Waals surface area contributed by atoms with Crippen molar-refractivity contribution in [1.82, 2.24) is 44.9 Å². The molecule has 6 aromatic rings. The van der Waals surface area contributed by atoms with E-state index in [-0.39, 0.29) is 52.1 Å². The van der Waals surface area contributed by atoms with Gasteiger partial charge in [0.05, 0.1) is 71.7 Å². The fourth-order valence-electron chi connectivity index (χ4n) is 10.1. The van der Waals surface area contributed by atoms with Crippen LogP contribution in [0.5, 0.6) is 5.75 Å². The number of nitrogens with one attached hydrogen (secondary N) is 4. The number of imidazole rings is 2. The van der Waals surface area contributed by atoms with Gasteiger partial charge >= 0.3 is 12.2 Å². The van der Waals surface area contributed by atoms with Crippen LogP contribution in [0.1, 0.15) is 112 Å². The monoisotopic (exact) mass is 963 g/mol. The third kappa shape index (κ3) is 8.37. The molecule has 7 heterocycles. The number of methoxy groups -OCH3 is 2. The molecule has 362 valence electrons. The minimum Gasteiger partial charge on any atom is -0.464 e. The molecule has 4 aromatic heterocycles. The molecule has 5 atom stereocenters. The quantitative estimate of drug-likeness (QED) is 0.0927. The van der Waals surface area contributed by atoms with E-state index in [1.807, 2.05) is 45.9 Å². The van der Waals surface area contributed by atoms with Gasteiger partial charge in [0.2, 0.25) is 18.0 Å². The maximum Gasteiger partial charge on any atom is 0.407 e. The van der Waals surface area contributed by atoms with Crippen LogP contribution in [0.3, 0.4) is 0 Å². The van der Waals surface area contributed by atoms with E-state index >= 15 is 8.78 Å². The van der Waals surface area contributed by atoms with Crippen LogP contribution in [0.25, 0.3) is 44.7 Å². The number of aromatic amines is 2. The van der Waals surface area contributed by atoms with Crippen LogP contribution in [-0.2, 0) is 19.1 Å². The Balaban J connectivity index is 0.981. The highest BCUT2D eigenvalue weighted by atomic mass is 32.1. The van der Waals surface area contributed by atoms with Crippen molar-refractivity contribution in [2.45, 2.75) is 103 Å². The zero-order valence-corrected chi connectivity index (χ0v) is 40.0. The van der Waals surface area contributed by atoms with Gasteiger partial charge < -0.3 is 44.6 Å². The van der Waals surface area contributed by atoms with Crippen molar-refractivity contribution in [1.29, 1.82) is 0 Å². The molecule has 0 spiro atoms. The number of aromatic nitrogens is 5. The molecule has 4 N–H and O–H groups in total. The molecule has 0 bridgehead atoms. The molecule has 3 fully saturated rings. The normalized spacial score (nSPS) is 19.7. The minimum atomic E-state index is -0.812. The average Bonchev–Trinajstić information content (AvgIpc) is 4.05. The Labute approximate surface area is 401 Å². The van der Waals surface area contributed by atoms with Crippen molar-refractivity contribution in [2.24, 2.45) is 11.8 Å². The molecular weight excluding hydrogens is 909 g/mol. The van der Waals surface area contributed by atoms with Gasteiger partial charge in [-0.3, -0.25) is 14.2 Å². The topological polar surface area (TPSA) is 189 Å². The maximum atomic E-state index is 17.4. The van der Waals surface area contributed by atoms with Crippen molar-refractivity contribution in [2.75, 3.05) is 27.3 Å². The van der Waals surface area contributed by atoms with E-state index in [0.717, 1.165) is 30.6 Å². The average molecular weight is 964 g/mol. The van der Waals surface area contributed by atoms with Crippen LogP contribution >= 0.6 is 11.3 Å². The number of amides is 4. The Kier molecular flexibility index (Phi) is 12.2. The Bertz CT molecular complexity index is 2970. The predicted octanol–water partition coefficient (Wildman–Crippen LogP) is 9.33. The van der Waals surface area contributed by atoms with Gasteiger partial charge in [0.1, 0.15) is 35.3 Å². The molecule has 10 rings (SSSR count). The van der Waals surface area contributed by atoms with Gasteiger partial charge in [0.25, 0.3) is 0 Å². The fourth-order valence-corrected chi connectivity index (χ4v) is 11.3. The van der Waals surface area contributed by atoms with Crippen LogP contribution in [0.15, 0.2) is 54.9 Å². The molecule has 3 aliphatic heterocycles. The number of hydrogen-bond acceptors (Lipinski definition) is 10. The van der Waals surface area contributed by atoms with Crippen molar-refractivity contribution in [3.63, 3.8) is 0 Å². The highest BCUT2D eigenvalue weighted by molar-refractivity contribution is 7.12. The molecule has 1 saturated carbocycles. The molecule has 4 amide bonds. The third-order valence-corrected chi connectivity index (χ3v) is 15.2. The fraction of sp³-hybridized carbons (Fsp3) is 0.440. The number of fused-ring (bicyclic) bond motifs is 5. The Morgan fingerprint density at radius 1 is 0.754 bits per heavy atom. The molecule has 2 saturated heterocycles. The predicted molar refractivity (Wildman–Crippen MR) is 253 cm³/mol. The summed E-state index contributed by atoms with van der Waals surface area (Å²) in [5, 5.41) is 5.61. The first-order chi connectivity index (χ1) is 33.2. The van der Waals surface area contributed by atoms with Crippen molar-refractivity contribution in [3.8, 4) is 39.5 Å². The molecule has 4 aliphatic rings. The number of thiophene rings is 1. The van der Waals surface area contributed by atoms with Crippen LogP contribution in [-0.4, -0.2) is 97.7 Å². The summed E-state index contributed by atoms with van der Waals surface area (Å²) in [6.07, 6.45) is 6.07. The number of carbonyl (C=O) groups excluding carboxylic acids is 4. The lowest BCUT2D eigenvalue weighted by Crippen LogP contribution is -2.51. The van der Waals surface area contributed by atoms with Crippen molar-refractivity contribution < 1.29 is 42.2 Å². The summed E-state index contributed by atoms with van der Waals surface area (Å²) < 4.78 is 52.4. The number of H-pyrrole nitrogens is 2. The number of ether oxygens (including phenoxy) is 3. The second kappa shape index (κ2) is 18.3. The van der Waals surface area contributed by atoms with Gasteiger partial charge in [-0.1, -0.05) is 33.8 Å². The number of rotatable bonds is 12. The van der Waals surface area contributed by atoms with Crippen molar-refractivity contribution in [3.05, 3.63) is 87.9 Å². The molecule has 1 aliphatic carbocycles. The Morgan fingerprint density at radius 3 is 1.87 bits per heavy atom. The molecule has 16 nitrogen and oxygen atoms in total. The largest absolute Gasteiger partial charge is 0.464 e. The summed E-state index contributed by atoms with van der Waals surface area (Å²) in [6, 6.07) is 10.2. The third-order valence-electron chi connectivity index (χ3n) is 13.9. The molecular formula is C50H55F2N9O7S. The first-order valence-electron chi connectivity index (χ1n) is 23.6. The van der Waals surface area contributed by atoms with Gasteiger partial charge in [0.15, 0.2) is 5.82 Å². The van der Waals surface area contributed by atoms with Gasteiger partial charge in [0, 0.05) is 34.5 Å². The van der Waals surface area contributed by atoms with Gasteiger partial charge in [-0.15, -0.1) is 11.3 Å². The standard InChI is InChI=1S/C50H55F2N9O7S/c1-24(2)41(57-49(64)66-5)46(62)59-17-7-9-34(59)44-53-22-31(55-44)27-13-14-33-29(19-27)40(52)43-39-30(51)20-28(21-36(39)68-48(61(33)43)38-16-15-37(69-38)26-11-12-26)32-23-54-45(56-32)35-10-8-18-60(35)47(63)42(25(3)4)58-50(65)67-6/h13-16,19-26,34-35,41-42,48H,7-12,17-18H2,1-6H3,(H,53,55)(H,54,56)(H,57,64)(H,58,65)/t34-,35-,41-,42-,48?/m0/s1. The summed E-state index contributed by atoms with van der Waals surface area (Å²) in [7, 11) is 2.51. The summed E-state index contributed by atoms with van der Waals surface area (Å²) in [4.78, 5) is 73.5. The smallest absolute Gasteiger partial charge is 0.407 e. The van der Waals surface area contributed by atoms with Crippen LogP contribution in [0.4, 0.5) is 18.4 Å². The van der Waals surface area contributed by atoms with E-state index in [2.05, 4.69) is 31.7 Å². The zero-order chi connectivity index (χ0) is 48.4. The second-order valence-corrected chi connectivity index (χ2v) is 20.2. The molecule has 1 unspecified atom stereocenters. The highest BCUT2D eigenvalue weighted by Crippen LogP contribution is 2.51. The van der Waals surface area contributed by atoms with Crippen LogP contribution in [0.2, 0.25) is 0 Å². The lowest BCUT2D eigenvalue weighted by Gasteiger charge is -2.30. The van der Waals surface area contributed by atoms with Gasteiger partial charge in [-0.2, -0.15) is 0 Å². The van der Waals surface area contributed by atoms with Gasteiger partial charge in [-0.05, 0) is 92.7 Å². The van der Waals surface area contributed by atoms with E-state index in [1.165, 1.54) is 25.2 Å². The number of benzene rings is 2. The first-order valence-corrected chi connectivity index (χ1v) is 24.4. The van der Waals surface area contributed by atoms with E-state index < -0.39 is 48.2 Å². The second-order valence-electron chi connectivity index (χ2n) is 19.0. The summed E-state index contributed by atoms with van der Waals surface area (Å²) in [5.74, 6) is -0.409. The minimum absolute atomic E-state index is 0.00873. The zero-order valence-electron chi connectivity index (χ0n) is 39.2. The molecule has 0 radical (unpaired) electrons. The number of hydrogen-bond donors (Lipinski definition) is 4. The number of carbonyl (C=O) groups is 4. The number of alkyl carbamates (subject to hydrolysis) is 2. The SMILES string of the molecule is COC(=O)N[C@H](C(=O)N1CCC[C@H]1c1ncc(-c2cc(F)c3c(c2)OC(c2ccc(C4CC4)s2)n2c-3c(F)c3cc(-c4cnc([C@@H]5CCCN5C(=O)[C@@H](NC(=O)OC)C(C)C)[nH]4)ccc32)[nH]1)C(C)C. The molecule has 19 heteroatoms. The Hall–Kier alpha value is -6.76. The highest BCUT2D eigenvalue weighted by Gasteiger charge is 2.41. The summed E-state index contributed by atoms with van der Waals surface area (Å²) >= 11 is 1.61. The number of halogens is 2. The lowest BCUT2D eigenvalue weighted by molar-refractivity contribution is -0.136. The van der Waals surface area contributed by atoms with Crippen LogP contribution in [0, 0.1) is 23.5 Å². The van der Waals surface area contributed by atoms with Crippen LogP contribution < -0.4 is 15.4 Å². The van der Waals surface area contributed by atoms with E-state index in [4.69, 9.17) is 19.2 Å². The Morgan fingerprint density at radius 2 is 1.32 bits per heavy atom. The van der Waals surface area contributed by atoms with Gasteiger partial charge in [-0.25, -0.2) is 28.3 Å². The van der Waals surface area contributed by atoms with E-state index in [0.29, 0.717) is 71.5 Å². The first kappa shape index (κ1) is 46.0. The number of nitrogens with zero attached hydrogens (tertiary/aromatic N) is 5. The van der Waals surface area contributed by atoms with E-state index in [1.54, 1.807) is 50.2 Å². The molecule has 2 aromatic carbocycles. The van der Waals surface area contributed by atoms with Crippen molar-refractivity contribution >= 4 is 46.2 Å². The summed E-state index contributed by atoms with van der Waals surface area (Å²) in [5.41, 5.74) is 2.75. The number of likely N-dealkylation sites (tertiary alicyclic amines) is 2. The molecule has 69 heavy (non-hydrogen) atoms. The summed E-state index contributed by atoms with van der Waals surface area (Å²) in [6.45, 7) is 8.40. The lowest BCUT2D eigenvalue weighted by atomic mass is 10.0.